The van der Waals surface area contributed by atoms with Crippen LogP contribution in [0.5, 0.6) is 0 Å². The third kappa shape index (κ3) is 3.01. The van der Waals surface area contributed by atoms with Crippen LogP contribution in [0.25, 0.3) is 28.3 Å². The summed E-state index contributed by atoms with van der Waals surface area (Å²) in [7, 11) is 0. The Balaban J connectivity index is 1.67. The molecule has 4 nitrogen and oxygen atoms in total. The predicted octanol–water partition coefficient (Wildman–Crippen LogP) is 5.35. The van der Waals surface area contributed by atoms with Crippen molar-refractivity contribution in [2.75, 3.05) is 0 Å². The number of imidazole rings is 2. The first-order valence-corrected chi connectivity index (χ1v) is 9.19. The van der Waals surface area contributed by atoms with E-state index in [4.69, 9.17) is 4.98 Å². The molecule has 0 aliphatic rings. The first-order chi connectivity index (χ1) is 13.9. The van der Waals surface area contributed by atoms with E-state index >= 15 is 0 Å². The van der Waals surface area contributed by atoms with Crippen LogP contribution in [0.4, 0.5) is 0 Å². The second-order valence-electron chi connectivity index (χ2n) is 6.54. The van der Waals surface area contributed by atoms with E-state index in [0.29, 0.717) is 0 Å². The number of benzene rings is 3. The molecule has 0 saturated heterocycles. The third-order valence-corrected chi connectivity index (χ3v) is 4.67. The molecular weight excluding hydrogens is 344 g/mol. The number of fused-ring (bicyclic) bond motifs is 1. The van der Waals surface area contributed by atoms with Crippen molar-refractivity contribution in [3.63, 3.8) is 0 Å². The lowest BCUT2D eigenvalue weighted by molar-refractivity contribution is 0.906. The average Bonchev–Trinajstić information content (AvgIpc) is 3.34. The lowest BCUT2D eigenvalue weighted by atomic mass is 10.1. The van der Waals surface area contributed by atoms with Crippen molar-refractivity contribution in [2.24, 2.45) is 5.10 Å². The first-order valence-electron chi connectivity index (χ1n) is 9.19. The van der Waals surface area contributed by atoms with E-state index in [2.05, 4.69) is 40.0 Å². The molecule has 0 amide bonds. The van der Waals surface area contributed by atoms with Gasteiger partial charge in [0.15, 0.2) is 0 Å². The van der Waals surface area contributed by atoms with Crippen LogP contribution in [-0.4, -0.2) is 20.3 Å². The van der Waals surface area contributed by atoms with Gasteiger partial charge in [-0.25, -0.2) is 9.66 Å². The Morgan fingerprint density at radius 3 is 1.96 bits per heavy atom. The van der Waals surface area contributed by atoms with Gasteiger partial charge in [0, 0.05) is 17.3 Å². The lowest BCUT2D eigenvalue weighted by Crippen LogP contribution is -1.90. The van der Waals surface area contributed by atoms with Gasteiger partial charge in [-0.1, -0.05) is 91.0 Å². The van der Waals surface area contributed by atoms with Crippen molar-refractivity contribution in [1.29, 1.82) is 0 Å². The smallest absolute Gasteiger partial charge is 0.236 e. The minimum Gasteiger partial charge on any atom is -0.282 e. The molecule has 5 rings (SSSR count). The SMILES string of the molecule is C(=Nn1cc(-c2ccccc2)n2cc(-c3ccccc3)nc12)c1ccccc1. The Morgan fingerprint density at radius 1 is 0.679 bits per heavy atom. The molecule has 0 aliphatic carbocycles. The Bertz CT molecular complexity index is 1230. The fourth-order valence-corrected chi connectivity index (χ4v) is 3.27. The number of hydrogen-bond donors (Lipinski definition) is 0. The largest absolute Gasteiger partial charge is 0.282 e. The van der Waals surface area contributed by atoms with Crippen molar-refractivity contribution in [3.05, 3.63) is 109 Å². The monoisotopic (exact) mass is 362 g/mol. The van der Waals surface area contributed by atoms with Gasteiger partial charge in [0.2, 0.25) is 5.78 Å². The van der Waals surface area contributed by atoms with E-state index in [1.165, 1.54) is 0 Å². The first kappa shape index (κ1) is 16.3. The Kier molecular flexibility index (Phi) is 4.07. The van der Waals surface area contributed by atoms with Crippen LogP contribution in [0.1, 0.15) is 5.56 Å². The van der Waals surface area contributed by atoms with Crippen LogP contribution in [0, 0.1) is 0 Å². The highest BCUT2D eigenvalue weighted by molar-refractivity contribution is 5.79. The standard InChI is InChI=1S/C24H18N4/c1-4-10-19(11-5-1)16-25-28-18-23(21-14-8-3-9-15-21)27-17-22(26-24(27)28)20-12-6-2-7-13-20/h1-18H. The molecule has 5 aromatic rings. The van der Waals surface area contributed by atoms with Gasteiger partial charge in [0.05, 0.1) is 23.8 Å². The topological polar surface area (TPSA) is 34.6 Å². The van der Waals surface area contributed by atoms with E-state index in [-0.39, 0.29) is 0 Å². The summed E-state index contributed by atoms with van der Waals surface area (Å²) in [6.07, 6.45) is 5.94. The number of nitrogens with zero attached hydrogens (tertiary/aromatic N) is 4. The summed E-state index contributed by atoms with van der Waals surface area (Å²) >= 11 is 0. The zero-order valence-electron chi connectivity index (χ0n) is 15.2. The number of aromatic nitrogens is 3. The molecule has 2 aromatic heterocycles. The molecule has 3 aromatic carbocycles. The fourth-order valence-electron chi connectivity index (χ4n) is 3.27. The van der Waals surface area contributed by atoms with Crippen LogP contribution < -0.4 is 0 Å². The maximum absolute atomic E-state index is 4.85. The zero-order valence-corrected chi connectivity index (χ0v) is 15.2. The Hall–Kier alpha value is -3.92. The lowest BCUT2D eigenvalue weighted by Gasteiger charge is -1.98. The van der Waals surface area contributed by atoms with Gasteiger partial charge >= 0.3 is 0 Å². The summed E-state index contributed by atoms with van der Waals surface area (Å²) in [5, 5.41) is 4.67. The average molecular weight is 362 g/mol. The summed E-state index contributed by atoms with van der Waals surface area (Å²) < 4.78 is 3.93. The highest BCUT2D eigenvalue weighted by Gasteiger charge is 2.14. The zero-order chi connectivity index (χ0) is 18.8. The normalized spacial score (nSPS) is 11.4. The van der Waals surface area contributed by atoms with Crippen molar-refractivity contribution in [2.45, 2.75) is 0 Å². The molecule has 0 N–H and O–H groups in total. The predicted molar refractivity (Wildman–Crippen MR) is 113 cm³/mol. The molecule has 0 aliphatic heterocycles. The van der Waals surface area contributed by atoms with Crippen LogP contribution in [-0.2, 0) is 0 Å². The van der Waals surface area contributed by atoms with Gasteiger partial charge in [-0.3, -0.25) is 4.40 Å². The van der Waals surface area contributed by atoms with E-state index in [1.807, 2.05) is 83.8 Å². The van der Waals surface area contributed by atoms with Gasteiger partial charge in [0.1, 0.15) is 0 Å². The molecule has 0 bridgehead atoms. The minimum atomic E-state index is 0.782. The summed E-state index contributed by atoms with van der Waals surface area (Å²) in [5.74, 6) is 0.782. The summed E-state index contributed by atoms with van der Waals surface area (Å²) in [6.45, 7) is 0. The Morgan fingerprint density at radius 2 is 1.29 bits per heavy atom. The second kappa shape index (κ2) is 7.00. The summed E-state index contributed by atoms with van der Waals surface area (Å²) in [4.78, 5) is 4.85. The second-order valence-corrected chi connectivity index (χ2v) is 6.54. The highest BCUT2D eigenvalue weighted by atomic mass is 15.4. The molecule has 134 valence electrons. The molecule has 28 heavy (non-hydrogen) atoms. The van der Waals surface area contributed by atoms with Gasteiger partial charge in [-0.15, -0.1) is 0 Å². The van der Waals surface area contributed by atoms with Crippen molar-refractivity contribution < 1.29 is 0 Å². The molecule has 0 fully saturated rings. The molecule has 0 spiro atoms. The molecule has 4 heteroatoms. The third-order valence-electron chi connectivity index (χ3n) is 4.67. The summed E-state index contributed by atoms with van der Waals surface area (Å²) in [6, 6.07) is 30.6. The number of rotatable bonds is 4. The van der Waals surface area contributed by atoms with E-state index in [1.54, 1.807) is 0 Å². The number of hydrogen-bond acceptors (Lipinski definition) is 2. The van der Waals surface area contributed by atoms with Crippen molar-refractivity contribution in [1.82, 2.24) is 14.1 Å². The van der Waals surface area contributed by atoms with Crippen LogP contribution in [0.2, 0.25) is 0 Å². The van der Waals surface area contributed by atoms with E-state index in [0.717, 1.165) is 33.9 Å². The molecule has 2 heterocycles. The molecule has 0 unspecified atom stereocenters. The van der Waals surface area contributed by atoms with Crippen LogP contribution in [0.15, 0.2) is 108 Å². The highest BCUT2D eigenvalue weighted by Crippen LogP contribution is 2.26. The van der Waals surface area contributed by atoms with Gasteiger partial charge in [0.25, 0.3) is 0 Å². The van der Waals surface area contributed by atoms with Crippen LogP contribution >= 0.6 is 0 Å². The van der Waals surface area contributed by atoms with Crippen molar-refractivity contribution >= 4 is 12.0 Å². The van der Waals surface area contributed by atoms with E-state index in [9.17, 15) is 0 Å². The minimum absolute atomic E-state index is 0.782. The molecule has 0 saturated carbocycles. The van der Waals surface area contributed by atoms with Gasteiger partial charge in [-0.05, 0) is 5.56 Å². The Labute approximate surface area is 163 Å². The van der Waals surface area contributed by atoms with Crippen LogP contribution in [0.3, 0.4) is 0 Å². The quantitative estimate of drug-likeness (QED) is 0.397. The molecule has 0 atom stereocenters. The fraction of sp³-hybridized carbons (Fsp3) is 0. The van der Waals surface area contributed by atoms with Crippen molar-refractivity contribution in [3.8, 4) is 22.5 Å². The van der Waals surface area contributed by atoms with Gasteiger partial charge in [-0.2, -0.15) is 5.10 Å². The van der Waals surface area contributed by atoms with E-state index < -0.39 is 0 Å². The molecule has 0 radical (unpaired) electrons. The maximum atomic E-state index is 4.85. The molecular formula is C24H18N4. The summed E-state index contributed by atoms with van der Waals surface area (Å²) in [5.41, 5.74) is 5.24. The van der Waals surface area contributed by atoms with Gasteiger partial charge < -0.3 is 0 Å². The maximum Gasteiger partial charge on any atom is 0.236 e.